The topological polar surface area (TPSA) is 49.4 Å². The van der Waals surface area contributed by atoms with Crippen molar-refractivity contribution in [1.29, 1.82) is 0 Å². The highest BCUT2D eigenvalue weighted by Crippen LogP contribution is 2.23. The molecule has 1 heterocycles. The summed E-state index contributed by atoms with van der Waals surface area (Å²) in [5, 5.41) is 3.11. The van der Waals surface area contributed by atoms with Gasteiger partial charge in [-0.25, -0.2) is 0 Å². The SMILES string of the molecule is CCc1cccc(CC)c1NC(=O)c1cccc(CN2CCCC2=O)c1. The van der Waals surface area contributed by atoms with Gasteiger partial charge in [-0.05, 0) is 48.1 Å². The van der Waals surface area contributed by atoms with Crippen LogP contribution in [0.1, 0.15) is 53.7 Å². The van der Waals surface area contributed by atoms with E-state index in [0.717, 1.165) is 48.2 Å². The highest BCUT2D eigenvalue weighted by Gasteiger charge is 2.20. The molecule has 1 N–H and O–H groups in total. The van der Waals surface area contributed by atoms with Gasteiger partial charge in [-0.2, -0.15) is 0 Å². The number of para-hydroxylation sites is 1. The largest absolute Gasteiger partial charge is 0.338 e. The van der Waals surface area contributed by atoms with Crippen LogP contribution in [0.3, 0.4) is 0 Å². The Hall–Kier alpha value is -2.62. The number of nitrogens with one attached hydrogen (secondary N) is 1. The number of aryl methyl sites for hydroxylation is 2. The third-order valence-corrected chi connectivity index (χ3v) is 4.97. The van der Waals surface area contributed by atoms with E-state index in [9.17, 15) is 9.59 Å². The van der Waals surface area contributed by atoms with Crippen LogP contribution in [0.5, 0.6) is 0 Å². The third-order valence-electron chi connectivity index (χ3n) is 4.97. The van der Waals surface area contributed by atoms with Crippen molar-refractivity contribution in [3.05, 3.63) is 64.7 Å². The van der Waals surface area contributed by atoms with E-state index in [1.807, 2.05) is 35.2 Å². The highest BCUT2D eigenvalue weighted by atomic mass is 16.2. The molecule has 4 heteroatoms. The van der Waals surface area contributed by atoms with E-state index in [0.29, 0.717) is 18.5 Å². The van der Waals surface area contributed by atoms with Crippen molar-refractivity contribution >= 4 is 17.5 Å². The lowest BCUT2D eigenvalue weighted by Gasteiger charge is -2.17. The maximum absolute atomic E-state index is 12.8. The summed E-state index contributed by atoms with van der Waals surface area (Å²) >= 11 is 0. The van der Waals surface area contributed by atoms with Crippen LogP contribution in [0.4, 0.5) is 5.69 Å². The zero-order valence-corrected chi connectivity index (χ0v) is 15.5. The van der Waals surface area contributed by atoms with Crippen molar-refractivity contribution in [2.75, 3.05) is 11.9 Å². The molecule has 26 heavy (non-hydrogen) atoms. The first-order valence-corrected chi connectivity index (χ1v) is 9.41. The molecule has 1 fully saturated rings. The molecule has 0 unspecified atom stereocenters. The first kappa shape index (κ1) is 18.2. The minimum absolute atomic E-state index is 0.102. The molecule has 0 radical (unpaired) electrons. The summed E-state index contributed by atoms with van der Waals surface area (Å²) in [6.45, 7) is 5.57. The molecule has 1 aliphatic heterocycles. The molecule has 2 amide bonds. The number of benzene rings is 2. The summed E-state index contributed by atoms with van der Waals surface area (Å²) in [7, 11) is 0. The van der Waals surface area contributed by atoms with Crippen molar-refractivity contribution < 1.29 is 9.59 Å². The maximum atomic E-state index is 12.8. The average Bonchev–Trinajstić information content (AvgIpc) is 3.06. The van der Waals surface area contributed by atoms with E-state index in [1.54, 1.807) is 0 Å². The number of amides is 2. The van der Waals surface area contributed by atoms with Crippen LogP contribution < -0.4 is 5.32 Å². The molecule has 3 rings (SSSR count). The van der Waals surface area contributed by atoms with Crippen LogP contribution in [0.2, 0.25) is 0 Å². The molecule has 2 aromatic carbocycles. The second-order valence-corrected chi connectivity index (χ2v) is 6.73. The van der Waals surface area contributed by atoms with E-state index in [4.69, 9.17) is 0 Å². The van der Waals surface area contributed by atoms with E-state index in [2.05, 4.69) is 31.3 Å². The predicted molar refractivity (Wildman–Crippen MR) is 104 cm³/mol. The molecule has 0 atom stereocenters. The highest BCUT2D eigenvalue weighted by molar-refractivity contribution is 6.05. The van der Waals surface area contributed by atoms with Crippen LogP contribution in [-0.2, 0) is 24.2 Å². The minimum atomic E-state index is -0.102. The fourth-order valence-electron chi connectivity index (χ4n) is 3.49. The van der Waals surface area contributed by atoms with Crippen molar-refractivity contribution in [2.24, 2.45) is 0 Å². The molecule has 0 aromatic heterocycles. The number of nitrogens with zero attached hydrogens (tertiary/aromatic N) is 1. The summed E-state index contributed by atoms with van der Waals surface area (Å²) in [5.41, 5.74) is 4.85. The van der Waals surface area contributed by atoms with E-state index < -0.39 is 0 Å². The molecule has 0 bridgehead atoms. The Balaban J connectivity index is 1.78. The normalized spacial score (nSPS) is 13.9. The Morgan fingerprint density at radius 1 is 1.08 bits per heavy atom. The third kappa shape index (κ3) is 3.96. The number of hydrogen-bond acceptors (Lipinski definition) is 2. The second kappa shape index (κ2) is 8.17. The van der Waals surface area contributed by atoms with Crippen LogP contribution in [-0.4, -0.2) is 23.3 Å². The summed E-state index contributed by atoms with van der Waals surface area (Å²) in [4.78, 5) is 26.5. The molecular weight excluding hydrogens is 324 g/mol. The van der Waals surface area contributed by atoms with Gasteiger partial charge < -0.3 is 10.2 Å². The van der Waals surface area contributed by atoms with Gasteiger partial charge in [0, 0.05) is 30.8 Å². The Morgan fingerprint density at radius 2 is 1.77 bits per heavy atom. The summed E-state index contributed by atoms with van der Waals surface area (Å²) in [5.74, 6) is 0.0968. The number of likely N-dealkylation sites (tertiary alicyclic amines) is 1. The number of rotatable bonds is 6. The molecule has 4 nitrogen and oxygen atoms in total. The molecule has 2 aromatic rings. The number of hydrogen-bond donors (Lipinski definition) is 1. The fraction of sp³-hybridized carbons (Fsp3) is 0.364. The van der Waals surface area contributed by atoms with E-state index in [-0.39, 0.29) is 11.8 Å². The van der Waals surface area contributed by atoms with Crippen molar-refractivity contribution in [1.82, 2.24) is 4.90 Å². The quantitative estimate of drug-likeness (QED) is 0.849. The zero-order valence-electron chi connectivity index (χ0n) is 15.5. The maximum Gasteiger partial charge on any atom is 0.255 e. The van der Waals surface area contributed by atoms with E-state index >= 15 is 0 Å². The van der Waals surface area contributed by atoms with Crippen LogP contribution in [0.15, 0.2) is 42.5 Å². The number of carbonyl (C=O) groups excluding carboxylic acids is 2. The van der Waals surface area contributed by atoms with Crippen molar-refractivity contribution in [3.63, 3.8) is 0 Å². The predicted octanol–water partition coefficient (Wildman–Crippen LogP) is 4.19. The van der Waals surface area contributed by atoms with Gasteiger partial charge in [-0.15, -0.1) is 0 Å². The van der Waals surface area contributed by atoms with Crippen molar-refractivity contribution in [2.45, 2.75) is 46.1 Å². The van der Waals surface area contributed by atoms with Gasteiger partial charge in [0.25, 0.3) is 5.91 Å². The fourth-order valence-corrected chi connectivity index (χ4v) is 3.49. The lowest BCUT2D eigenvalue weighted by molar-refractivity contribution is -0.128. The van der Waals surface area contributed by atoms with Gasteiger partial charge in [0.1, 0.15) is 0 Å². The molecule has 0 saturated carbocycles. The second-order valence-electron chi connectivity index (χ2n) is 6.73. The Bertz CT molecular complexity index is 791. The van der Waals surface area contributed by atoms with Gasteiger partial charge >= 0.3 is 0 Å². The first-order valence-electron chi connectivity index (χ1n) is 9.41. The molecule has 136 valence electrons. The Kier molecular flexibility index (Phi) is 5.71. The smallest absolute Gasteiger partial charge is 0.255 e. The van der Waals surface area contributed by atoms with Crippen LogP contribution in [0.25, 0.3) is 0 Å². The Labute approximate surface area is 155 Å². The molecular formula is C22H26N2O2. The number of anilines is 1. The lowest BCUT2D eigenvalue weighted by atomic mass is 10.0. The van der Waals surface area contributed by atoms with Gasteiger partial charge in [0.2, 0.25) is 5.91 Å². The monoisotopic (exact) mass is 350 g/mol. The first-order chi connectivity index (χ1) is 12.6. The van der Waals surface area contributed by atoms with Gasteiger partial charge in [-0.1, -0.05) is 44.2 Å². The van der Waals surface area contributed by atoms with Crippen molar-refractivity contribution in [3.8, 4) is 0 Å². The summed E-state index contributed by atoms with van der Waals surface area (Å²) in [6.07, 6.45) is 3.31. The summed E-state index contributed by atoms with van der Waals surface area (Å²) in [6, 6.07) is 13.7. The molecule has 1 aliphatic rings. The van der Waals surface area contributed by atoms with Crippen LogP contribution in [0, 0.1) is 0 Å². The lowest BCUT2D eigenvalue weighted by Crippen LogP contribution is -2.24. The zero-order chi connectivity index (χ0) is 18.5. The minimum Gasteiger partial charge on any atom is -0.338 e. The molecule has 0 spiro atoms. The molecule has 0 aliphatic carbocycles. The number of carbonyl (C=O) groups is 2. The molecule has 1 saturated heterocycles. The van der Waals surface area contributed by atoms with E-state index in [1.165, 1.54) is 0 Å². The van der Waals surface area contributed by atoms with Crippen LogP contribution >= 0.6 is 0 Å². The standard InChI is InChI=1S/C22H26N2O2/c1-3-17-9-6-10-18(4-2)21(17)23-22(26)19-11-5-8-16(14-19)15-24-13-7-12-20(24)25/h5-6,8-11,14H,3-4,7,12-13,15H2,1-2H3,(H,23,26). The summed E-state index contributed by atoms with van der Waals surface area (Å²) < 4.78 is 0. The van der Waals surface area contributed by atoms with Gasteiger partial charge in [0.05, 0.1) is 0 Å². The van der Waals surface area contributed by atoms with Gasteiger partial charge in [-0.3, -0.25) is 9.59 Å². The Morgan fingerprint density at radius 3 is 2.38 bits per heavy atom. The average molecular weight is 350 g/mol. The van der Waals surface area contributed by atoms with Gasteiger partial charge in [0.15, 0.2) is 0 Å².